The van der Waals surface area contributed by atoms with Crippen molar-refractivity contribution in [3.63, 3.8) is 0 Å². The Morgan fingerprint density at radius 2 is 1.72 bits per heavy atom. The Hall–Kier alpha value is -2.69. The first-order chi connectivity index (χ1) is 13.9. The number of hydrogen-bond acceptors (Lipinski definition) is 4. The molecule has 2 aromatic carbocycles. The fraction of sp³-hybridized carbons (Fsp3) is 0.364. The van der Waals surface area contributed by atoms with Gasteiger partial charge in [0.25, 0.3) is 0 Å². The summed E-state index contributed by atoms with van der Waals surface area (Å²) in [6.07, 6.45) is 2.86. The standard InChI is InChI=1S/C22H25N3O3S/c1-24(29(27,28)21-9-7-20(16-23)8-10-21)17-22(26)25-13-11-19(12-14-25)15-18-5-3-2-4-6-18/h2-10,19H,11-15,17H2,1H3. The van der Waals surface area contributed by atoms with Crippen molar-refractivity contribution >= 4 is 15.9 Å². The number of carbonyl (C=O) groups is 1. The van der Waals surface area contributed by atoms with Gasteiger partial charge < -0.3 is 4.90 Å². The smallest absolute Gasteiger partial charge is 0.243 e. The van der Waals surface area contributed by atoms with Gasteiger partial charge in [-0.05, 0) is 55.0 Å². The van der Waals surface area contributed by atoms with Crippen LogP contribution < -0.4 is 0 Å². The van der Waals surface area contributed by atoms with Crippen LogP contribution in [0.5, 0.6) is 0 Å². The SMILES string of the molecule is CN(CC(=O)N1CCC(Cc2ccccc2)CC1)S(=O)(=O)c1ccc(C#N)cc1. The number of sulfonamides is 1. The van der Waals surface area contributed by atoms with E-state index in [2.05, 4.69) is 12.1 Å². The Morgan fingerprint density at radius 1 is 1.10 bits per heavy atom. The molecule has 29 heavy (non-hydrogen) atoms. The molecule has 0 unspecified atom stereocenters. The molecule has 0 saturated carbocycles. The van der Waals surface area contributed by atoms with Gasteiger partial charge in [0.1, 0.15) is 0 Å². The minimum atomic E-state index is -3.77. The molecule has 0 spiro atoms. The van der Waals surface area contributed by atoms with E-state index in [0.29, 0.717) is 24.6 Å². The van der Waals surface area contributed by atoms with Crippen LogP contribution in [0.25, 0.3) is 0 Å². The Bertz CT molecular complexity index is 974. The van der Waals surface area contributed by atoms with Gasteiger partial charge in [-0.15, -0.1) is 0 Å². The maximum atomic E-state index is 12.7. The zero-order valence-electron chi connectivity index (χ0n) is 16.5. The van der Waals surface area contributed by atoms with Crippen molar-refractivity contribution in [1.82, 2.24) is 9.21 Å². The van der Waals surface area contributed by atoms with Gasteiger partial charge in [-0.2, -0.15) is 9.57 Å². The normalized spacial score (nSPS) is 15.3. The Morgan fingerprint density at radius 3 is 2.31 bits per heavy atom. The van der Waals surface area contributed by atoms with E-state index in [-0.39, 0.29) is 17.3 Å². The van der Waals surface area contributed by atoms with Crippen molar-refractivity contribution in [3.8, 4) is 6.07 Å². The summed E-state index contributed by atoms with van der Waals surface area (Å²) in [7, 11) is -2.36. The minimum Gasteiger partial charge on any atom is -0.342 e. The van der Waals surface area contributed by atoms with E-state index < -0.39 is 10.0 Å². The molecule has 3 rings (SSSR count). The third-order valence-electron chi connectivity index (χ3n) is 5.38. The second kappa shape index (κ2) is 9.21. The van der Waals surface area contributed by atoms with Gasteiger partial charge in [-0.25, -0.2) is 8.42 Å². The monoisotopic (exact) mass is 411 g/mol. The van der Waals surface area contributed by atoms with E-state index in [1.165, 1.54) is 36.9 Å². The van der Waals surface area contributed by atoms with Crippen molar-refractivity contribution in [1.29, 1.82) is 5.26 Å². The zero-order valence-corrected chi connectivity index (χ0v) is 17.3. The van der Waals surface area contributed by atoms with Crippen LogP contribution in [0.3, 0.4) is 0 Å². The lowest BCUT2D eigenvalue weighted by atomic mass is 9.90. The molecule has 1 amide bonds. The van der Waals surface area contributed by atoms with E-state index in [1.807, 2.05) is 24.3 Å². The Kier molecular flexibility index (Phi) is 6.68. The topological polar surface area (TPSA) is 81.5 Å². The largest absolute Gasteiger partial charge is 0.342 e. The number of carbonyl (C=O) groups excluding carboxylic acids is 1. The van der Waals surface area contributed by atoms with Crippen LogP contribution in [-0.2, 0) is 21.2 Å². The second-order valence-corrected chi connectivity index (χ2v) is 9.46. The van der Waals surface area contributed by atoms with E-state index in [4.69, 9.17) is 5.26 Å². The maximum absolute atomic E-state index is 12.7. The van der Waals surface area contributed by atoms with Gasteiger partial charge in [0, 0.05) is 20.1 Å². The highest BCUT2D eigenvalue weighted by atomic mass is 32.2. The molecule has 1 fully saturated rings. The van der Waals surface area contributed by atoms with Gasteiger partial charge in [0.15, 0.2) is 0 Å². The molecule has 1 aliphatic heterocycles. The van der Waals surface area contributed by atoms with Crippen molar-refractivity contribution in [2.75, 3.05) is 26.7 Å². The van der Waals surface area contributed by atoms with Crippen LogP contribution in [0, 0.1) is 17.2 Å². The molecule has 0 bridgehead atoms. The number of amides is 1. The molecule has 6 nitrogen and oxygen atoms in total. The molecular formula is C22H25N3O3S. The average Bonchev–Trinajstić information content (AvgIpc) is 2.75. The molecule has 152 valence electrons. The first-order valence-corrected chi connectivity index (χ1v) is 11.1. The Balaban J connectivity index is 1.54. The first kappa shape index (κ1) is 21.0. The molecular weight excluding hydrogens is 386 g/mol. The van der Waals surface area contributed by atoms with Crippen molar-refractivity contribution < 1.29 is 13.2 Å². The van der Waals surface area contributed by atoms with E-state index in [0.717, 1.165) is 23.6 Å². The van der Waals surface area contributed by atoms with Crippen molar-refractivity contribution in [2.45, 2.75) is 24.2 Å². The highest BCUT2D eigenvalue weighted by molar-refractivity contribution is 7.89. The summed E-state index contributed by atoms with van der Waals surface area (Å²) in [6.45, 7) is 1.12. The maximum Gasteiger partial charge on any atom is 0.243 e. The predicted octanol–water partition coefficient (Wildman–Crippen LogP) is 2.66. The average molecular weight is 412 g/mol. The minimum absolute atomic E-state index is 0.0772. The molecule has 0 aromatic heterocycles. The summed E-state index contributed by atoms with van der Waals surface area (Å²) in [5.74, 6) is 0.365. The van der Waals surface area contributed by atoms with Crippen LogP contribution in [0.1, 0.15) is 24.0 Å². The summed E-state index contributed by atoms with van der Waals surface area (Å²) >= 11 is 0. The van der Waals surface area contributed by atoms with Gasteiger partial charge >= 0.3 is 0 Å². The molecule has 0 aliphatic carbocycles. The quantitative estimate of drug-likeness (QED) is 0.732. The number of hydrogen-bond donors (Lipinski definition) is 0. The first-order valence-electron chi connectivity index (χ1n) is 9.68. The van der Waals surface area contributed by atoms with Crippen LogP contribution in [0.15, 0.2) is 59.5 Å². The van der Waals surface area contributed by atoms with E-state index >= 15 is 0 Å². The van der Waals surface area contributed by atoms with Gasteiger partial charge in [0.2, 0.25) is 15.9 Å². The number of likely N-dealkylation sites (tertiary alicyclic amines) is 1. The molecule has 2 aromatic rings. The highest BCUT2D eigenvalue weighted by Crippen LogP contribution is 2.22. The number of piperidine rings is 1. The van der Waals surface area contributed by atoms with E-state index in [9.17, 15) is 13.2 Å². The highest BCUT2D eigenvalue weighted by Gasteiger charge is 2.27. The zero-order chi connectivity index (χ0) is 20.9. The lowest BCUT2D eigenvalue weighted by molar-refractivity contribution is -0.132. The number of nitriles is 1. The molecule has 1 aliphatic rings. The lowest BCUT2D eigenvalue weighted by Gasteiger charge is -2.33. The molecule has 0 radical (unpaired) electrons. The van der Waals surface area contributed by atoms with Crippen LogP contribution in [0.4, 0.5) is 0 Å². The molecule has 1 saturated heterocycles. The van der Waals surface area contributed by atoms with Gasteiger partial charge in [-0.3, -0.25) is 4.79 Å². The third kappa shape index (κ3) is 5.22. The number of rotatable bonds is 6. The fourth-order valence-electron chi connectivity index (χ4n) is 3.59. The summed E-state index contributed by atoms with van der Waals surface area (Å²) in [6, 6.07) is 18.0. The summed E-state index contributed by atoms with van der Waals surface area (Å²) < 4.78 is 26.4. The van der Waals surface area contributed by atoms with Crippen LogP contribution in [-0.4, -0.2) is 50.2 Å². The second-order valence-electron chi connectivity index (χ2n) is 7.41. The summed E-state index contributed by atoms with van der Waals surface area (Å²) in [5, 5.41) is 8.84. The summed E-state index contributed by atoms with van der Waals surface area (Å²) in [4.78, 5) is 14.5. The Labute approximate surface area is 172 Å². The molecule has 7 heteroatoms. The van der Waals surface area contributed by atoms with Crippen molar-refractivity contribution in [2.24, 2.45) is 5.92 Å². The number of likely N-dealkylation sites (N-methyl/N-ethyl adjacent to an activating group) is 1. The van der Waals surface area contributed by atoms with Crippen LogP contribution in [0.2, 0.25) is 0 Å². The van der Waals surface area contributed by atoms with E-state index in [1.54, 1.807) is 4.90 Å². The number of benzene rings is 2. The van der Waals surface area contributed by atoms with Crippen LogP contribution >= 0.6 is 0 Å². The molecule has 1 heterocycles. The molecule has 0 N–H and O–H groups in total. The number of nitrogens with zero attached hydrogens (tertiary/aromatic N) is 3. The van der Waals surface area contributed by atoms with Gasteiger partial charge in [0.05, 0.1) is 23.1 Å². The third-order valence-corrected chi connectivity index (χ3v) is 7.20. The summed E-state index contributed by atoms with van der Waals surface area (Å²) in [5.41, 5.74) is 1.70. The lowest BCUT2D eigenvalue weighted by Crippen LogP contribution is -2.44. The fourth-order valence-corrected chi connectivity index (χ4v) is 4.71. The van der Waals surface area contributed by atoms with Crippen molar-refractivity contribution in [3.05, 3.63) is 65.7 Å². The van der Waals surface area contributed by atoms with Gasteiger partial charge in [-0.1, -0.05) is 30.3 Å². The molecule has 0 atom stereocenters. The predicted molar refractivity (Wildman–Crippen MR) is 110 cm³/mol.